The van der Waals surface area contributed by atoms with E-state index in [1.807, 2.05) is 0 Å². The van der Waals surface area contributed by atoms with Crippen LogP contribution in [0.3, 0.4) is 0 Å². The van der Waals surface area contributed by atoms with Crippen molar-refractivity contribution in [3.05, 3.63) is 0 Å². The lowest BCUT2D eigenvalue weighted by Crippen LogP contribution is -2.59. The Hall–Kier alpha value is -1.34. The minimum absolute atomic E-state index is 0.170. The molecule has 7 nitrogen and oxygen atoms in total. The second kappa shape index (κ2) is 7.09. The normalized spacial score (nSPS) is 33.2. The van der Waals surface area contributed by atoms with Crippen molar-refractivity contribution < 1.29 is 24.2 Å². The van der Waals surface area contributed by atoms with E-state index in [-0.39, 0.29) is 6.10 Å². The van der Waals surface area contributed by atoms with Gasteiger partial charge in [0.1, 0.15) is 5.54 Å². The van der Waals surface area contributed by atoms with Crippen LogP contribution < -0.4 is 10.6 Å². The van der Waals surface area contributed by atoms with E-state index in [0.717, 1.165) is 12.8 Å². The fourth-order valence-electron chi connectivity index (χ4n) is 2.77. The van der Waals surface area contributed by atoms with Crippen molar-refractivity contribution in [2.24, 2.45) is 5.92 Å². The van der Waals surface area contributed by atoms with E-state index in [4.69, 9.17) is 9.47 Å². The highest BCUT2D eigenvalue weighted by Gasteiger charge is 2.42. The highest BCUT2D eigenvalue weighted by Crippen LogP contribution is 2.32. The molecule has 0 bridgehead atoms. The van der Waals surface area contributed by atoms with Crippen molar-refractivity contribution in [2.75, 3.05) is 26.4 Å². The van der Waals surface area contributed by atoms with Crippen molar-refractivity contribution in [1.82, 2.24) is 10.6 Å². The predicted octanol–water partition coefficient (Wildman–Crippen LogP) is 0.735. The van der Waals surface area contributed by atoms with Gasteiger partial charge >= 0.3 is 12.0 Å². The third kappa shape index (κ3) is 4.31. The topological polar surface area (TPSA) is 96.9 Å². The van der Waals surface area contributed by atoms with Gasteiger partial charge in [-0.1, -0.05) is 6.92 Å². The largest absolute Gasteiger partial charge is 0.480 e. The van der Waals surface area contributed by atoms with Crippen molar-refractivity contribution in [2.45, 2.75) is 44.2 Å². The van der Waals surface area contributed by atoms with Crippen LogP contribution in [0.1, 0.15) is 32.6 Å². The summed E-state index contributed by atoms with van der Waals surface area (Å²) >= 11 is 0. The second-order valence-corrected chi connectivity index (χ2v) is 5.97. The first-order chi connectivity index (χ1) is 10.0. The van der Waals surface area contributed by atoms with Crippen LogP contribution in [0.25, 0.3) is 0 Å². The number of urea groups is 1. The number of nitrogens with one attached hydrogen (secondary N) is 2. The maximum absolute atomic E-state index is 12.0. The molecule has 2 amide bonds. The molecule has 2 aliphatic rings. The number of carbonyl (C=O) groups excluding carboxylic acids is 1. The van der Waals surface area contributed by atoms with Gasteiger partial charge < -0.3 is 25.2 Å². The van der Waals surface area contributed by atoms with E-state index in [1.54, 1.807) is 0 Å². The summed E-state index contributed by atoms with van der Waals surface area (Å²) in [6.07, 6.45) is 2.40. The zero-order valence-corrected chi connectivity index (χ0v) is 12.4. The minimum Gasteiger partial charge on any atom is -0.480 e. The molecule has 3 N–H and O–H groups in total. The smallest absolute Gasteiger partial charge is 0.329 e. The SMILES string of the molecule is CC1CCC(NC(=O)NCC2COCCO2)(C(=O)O)CC1. The van der Waals surface area contributed by atoms with Gasteiger partial charge in [0.05, 0.1) is 25.9 Å². The van der Waals surface area contributed by atoms with Crippen LogP contribution in [0.4, 0.5) is 4.79 Å². The fraction of sp³-hybridized carbons (Fsp3) is 0.857. The molecule has 2 fully saturated rings. The Labute approximate surface area is 124 Å². The fourth-order valence-corrected chi connectivity index (χ4v) is 2.77. The third-order valence-corrected chi connectivity index (χ3v) is 4.27. The molecule has 1 heterocycles. The summed E-state index contributed by atoms with van der Waals surface area (Å²) < 4.78 is 10.7. The van der Waals surface area contributed by atoms with Crippen molar-refractivity contribution in [1.29, 1.82) is 0 Å². The summed E-state index contributed by atoms with van der Waals surface area (Å²) in [6, 6.07) is -0.457. The number of carboxylic acids is 1. The molecule has 0 radical (unpaired) electrons. The molecule has 0 aromatic carbocycles. The van der Waals surface area contributed by atoms with Crippen LogP contribution in [-0.2, 0) is 14.3 Å². The maximum atomic E-state index is 12.0. The first-order valence-corrected chi connectivity index (χ1v) is 7.50. The summed E-state index contributed by atoms with van der Waals surface area (Å²) in [5.74, 6) is -0.447. The van der Waals surface area contributed by atoms with E-state index in [0.29, 0.717) is 45.1 Å². The molecule has 1 aliphatic carbocycles. The van der Waals surface area contributed by atoms with Gasteiger partial charge in [0.15, 0.2) is 0 Å². The summed E-state index contributed by atoms with van der Waals surface area (Å²) in [4.78, 5) is 23.5. The number of carbonyl (C=O) groups is 2. The quantitative estimate of drug-likeness (QED) is 0.711. The predicted molar refractivity (Wildman–Crippen MR) is 75.1 cm³/mol. The van der Waals surface area contributed by atoms with E-state index in [1.165, 1.54) is 0 Å². The van der Waals surface area contributed by atoms with Crippen LogP contribution in [-0.4, -0.2) is 55.1 Å². The molecular weight excluding hydrogens is 276 g/mol. The number of ether oxygens (including phenoxy) is 2. The van der Waals surface area contributed by atoms with Gasteiger partial charge in [-0.2, -0.15) is 0 Å². The highest BCUT2D eigenvalue weighted by atomic mass is 16.6. The number of carboxylic acid groups (broad SMARTS) is 1. The summed E-state index contributed by atoms with van der Waals surface area (Å²) in [7, 11) is 0. The standard InChI is InChI=1S/C14H24N2O5/c1-10-2-4-14(5-3-10,12(17)18)16-13(19)15-8-11-9-20-6-7-21-11/h10-11H,2-9H2,1H3,(H,17,18)(H2,15,16,19). The van der Waals surface area contributed by atoms with Gasteiger partial charge in [0.25, 0.3) is 0 Å². The molecule has 2 rings (SSSR count). The highest BCUT2D eigenvalue weighted by molar-refractivity contribution is 5.86. The zero-order valence-electron chi connectivity index (χ0n) is 12.4. The summed E-state index contributed by atoms with van der Waals surface area (Å²) in [6.45, 7) is 3.96. The number of hydrogen-bond donors (Lipinski definition) is 3. The monoisotopic (exact) mass is 300 g/mol. The third-order valence-electron chi connectivity index (χ3n) is 4.27. The van der Waals surface area contributed by atoms with Crippen molar-refractivity contribution in [3.8, 4) is 0 Å². The van der Waals surface area contributed by atoms with Gasteiger partial charge in [-0.05, 0) is 31.6 Å². The number of amides is 2. The van der Waals surface area contributed by atoms with Crippen molar-refractivity contribution >= 4 is 12.0 Å². The van der Waals surface area contributed by atoms with E-state index in [9.17, 15) is 14.7 Å². The Kier molecular flexibility index (Phi) is 5.41. The van der Waals surface area contributed by atoms with Crippen LogP contribution in [0, 0.1) is 5.92 Å². The van der Waals surface area contributed by atoms with Crippen LogP contribution >= 0.6 is 0 Å². The van der Waals surface area contributed by atoms with Gasteiger partial charge in [-0.15, -0.1) is 0 Å². The average molecular weight is 300 g/mol. The molecule has 0 aromatic heterocycles. The van der Waals surface area contributed by atoms with Gasteiger partial charge in [0, 0.05) is 6.54 Å². The lowest BCUT2D eigenvalue weighted by molar-refractivity contribution is -0.146. The Morgan fingerprint density at radius 1 is 1.29 bits per heavy atom. The Bertz CT molecular complexity index is 374. The van der Waals surface area contributed by atoms with Crippen molar-refractivity contribution in [3.63, 3.8) is 0 Å². The van der Waals surface area contributed by atoms with Crippen LogP contribution in [0.15, 0.2) is 0 Å². The van der Waals surface area contributed by atoms with Gasteiger partial charge in [0.2, 0.25) is 0 Å². The Morgan fingerprint density at radius 3 is 2.57 bits per heavy atom. The zero-order chi connectivity index (χ0) is 15.3. The molecule has 1 unspecified atom stereocenters. The summed E-state index contributed by atoms with van der Waals surface area (Å²) in [5.41, 5.74) is -1.14. The molecule has 1 atom stereocenters. The summed E-state index contributed by atoms with van der Waals surface area (Å²) in [5, 5.41) is 14.8. The Morgan fingerprint density at radius 2 is 2.00 bits per heavy atom. The van der Waals surface area contributed by atoms with Gasteiger partial charge in [-0.25, -0.2) is 9.59 Å². The molecule has 0 spiro atoms. The lowest BCUT2D eigenvalue weighted by atomic mass is 9.77. The molecule has 1 aliphatic heterocycles. The number of hydrogen-bond acceptors (Lipinski definition) is 4. The first-order valence-electron chi connectivity index (χ1n) is 7.50. The van der Waals surface area contributed by atoms with E-state index >= 15 is 0 Å². The average Bonchev–Trinajstić information content (AvgIpc) is 2.48. The molecule has 120 valence electrons. The lowest BCUT2D eigenvalue weighted by Gasteiger charge is -2.36. The van der Waals surface area contributed by atoms with Crippen LogP contribution in [0.2, 0.25) is 0 Å². The molecule has 1 saturated carbocycles. The molecule has 0 aromatic rings. The molecule has 7 heteroatoms. The second-order valence-electron chi connectivity index (χ2n) is 5.97. The van der Waals surface area contributed by atoms with E-state index < -0.39 is 17.5 Å². The number of aliphatic carboxylic acids is 1. The number of rotatable bonds is 4. The maximum Gasteiger partial charge on any atom is 0.329 e. The Balaban J connectivity index is 1.82. The molecule has 21 heavy (non-hydrogen) atoms. The van der Waals surface area contributed by atoms with Crippen LogP contribution in [0.5, 0.6) is 0 Å². The molecule has 1 saturated heterocycles. The van der Waals surface area contributed by atoms with Gasteiger partial charge in [-0.3, -0.25) is 0 Å². The first kappa shape index (κ1) is 16.0. The molecular formula is C14H24N2O5. The van der Waals surface area contributed by atoms with E-state index in [2.05, 4.69) is 17.6 Å². The minimum atomic E-state index is -1.14.